The molecule has 0 spiro atoms. The number of hydrogen-bond donors (Lipinski definition) is 1. The van der Waals surface area contributed by atoms with Crippen LogP contribution in [-0.4, -0.2) is 18.7 Å². The van der Waals surface area contributed by atoms with Gasteiger partial charge in [0.25, 0.3) is 5.91 Å². The maximum atomic E-state index is 12.1. The number of nitrogens with one attached hydrogen (secondary N) is 1. The molecule has 140 valence electrons. The summed E-state index contributed by atoms with van der Waals surface area (Å²) in [5.74, 6) is -0.0345. The van der Waals surface area contributed by atoms with Gasteiger partial charge in [0, 0.05) is 5.56 Å². The van der Waals surface area contributed by atoms with Gasteiger partial charge in [-0.3, -0.25) is 4.79 Å². The molecule has 0 radical (unpaired) electrons. The Labute approximate surface area is 167 Å². The molecule has 0 unspecified atom stereocenters. The molecule has 0 saturated carbocycles. The lowest BCUT2D eigenvalue weighted by molar-refractivity contribution is -0.123. The molecule has 5 nitrogen and oxygen atoms in total. The molecule has 4 aromatic rings. The fourth-order valence-corrected chi connectivity index (χ4v) is 3.22. The Morgan fingerprint density at radius 1 is 0.966 bits per heavy atom. The number of para-hydroxylation sites is 1. The van der Waals surface area contributed by atoms with Gasteiger partial charge in [0.2, 0.25) is 0 Å². The van der Waals surface area contributed by atoms with Crippen LogP contribution in [0.4, 0.5) is 0 Å². The highest BCUT2D eigenvalue weighted by molar-refractivity contribution is 6.13. The zero-order valence-corrected chi connectivity index (χ0v) is 15.5. The summed E-state index contributed by atoms with van der Waals surface area (Å²) in [6.07, 6.45) is 1.66. The van der Waals surface area contributed by atoms with Crippen LogP contribution in [0.5, 0.6) is 5.75 Å². The second-order valence-corrected chi connectivity index (χ2v) is 6.42. The van der Waals surface area contributed by atoms with Gasteiger partial charge in [-0.1, -0.05) is 60.7 Å². The normalized spacial score (nSPS) is 10.9. The van der Waals surface area contributed by atoms with Crippen LogP contribution in [0.1, 0.15) is 11.1 Å². The van der Waals surface area contributed by atoms with Crippen molar-refractivity contribution in [2.24, 2.45) is 5.10 Å². The minimum atomic E-state index is -0.404. The van der Waals surface area contributed by atoms with Crippen molar-refractivity contribution < 1.29 is 9.53 Å². The number of fused-ring (bicyclic) bond motifs is 2. The first-order valence-electron chi connectivity index (χ1n) is 9.10. The van der Waals surface area contributed by atoms with Crippen LogP contribution in [-0.2, 0) is 4.79 Å². The van der Waals surface area contributed by atoms with E-state index in [-0.39, 0.29) is 6.61 Å². The molecule has 0 bridgehead atoms. The third kappa shape index (κ3) is 3.92. The van der Waals surface area contributed by atoms with E-state index >= 15 is 0 Å². The van der Waals surface area contributed by atoms with E-state index in [1.807, 2.05) is 42.5 Å². The zero-order chi connectivity index (χ0) is 20.1. The van der Waals surface area contributed by atoms with Gasteiger partial charge in [-0.2, -0.15) is 10.4 Å². The largest absolute Gasteiger partial charge is 0.482 e. The van der Waals surface area contributed by atoms with E-state index in [1.54, 1.807) is 30.5 Å². The van der Waals surface area contributed by atoms with Crippen molar-refractivity contribution in [2.45, 2.75) is 0 Å². The van der Waals surface area contributed by atoms with E-state index in [0.717, 1.165) is 27.1 Å². The number of hydrazone groups is 1. The van der Waals surface area contributed by atoms with Gasteiger partial charge in [-0.05, 0) is 39.7 Å². The van der Waals surface area contributed by atoms with Crippen LogP contribution in [0.3, 0.4) is 0 Å². The molecule has 1 amide bonds. The molecule has 0 aliphatic carbocycles. The highest BCUT2D eigenvalue weighted by Gasteiger charge is 2.07. The molecule has 1 N–H and O–H groups in total. The Morgan fingerprint density at radius 3 is 2.28 bits per heavy atom. The van der Waals surface area contributed by atoms with Crippen molar-refractivity contribution >= 4 is 33.7 Å². The first-order chi connectivity index (χ1) is 14.3. The van der Waals surface area contributed by atoms with Crippen molar-refractivity contribution in [1.29, 1.82) is 5.26 Å². The van der Waals surface area contributed by atoms with Crippen molar-refractivity contribution in [2.75, 3.05) is 6.61 Å². The van der Waals surface area contributed by atoms with Crippen LogP contribution in [0.25, 0.3) is 21.5 Å². The highest BCUT2D eigenvalue weighted by Crippen LogP contribution is 2.27. The number of carbonyl (C=O) groups is 1. The number of hydrogen-bond acceptors (Lipinski definition) is 4. The number of ether oxygens (including phenoxy) is 1. The summed E-state index contributed by atoms with van der Waals surface area (Å²) in [6.45, 7) is -0.230. The lowest BCUT2D eigenvalue weighted by Gasteiger charge is -2.08. The van der Waals surface area contributed by atoms with Crippen LogP contribution in [0.15, 0.2) is 84.0 Å². The number of amides is 1. The Kier molecular flexibility index (Phi) is 5.17. The number of carbonyl (C=O) groups excluding carboxylic acids is 1. The molecule has 4 rings (SSSR count). The van der Waals surface area contributed by atoms with Gasteiger partial charge in [0.1, 0.15) is 11.8 Å². The summed E-state index contributed by atoms with van der Waals surface area (Å²) in [5.41, 5.74) is 3.81. The molecule has 0 saturated heterocycles. The van der Waals surface area contributed by atoms with E-state index in [4.69, 9.17) is 10.00 Å². The van der Waals surface area contributed by atoms with Gasteiger partial charge >= 0.3 is 0 Å². The molecule has 0 aliphatic heterocycles. The molecule has 5 heteroatoms. The Bertz CT molecular complexity index is 1220. The van der Waals surface area contributed by atoms with Gasteiger partial charge < -0.3 is 4.74 Å². The lowest BCUT2D eigenvalue weighted by Crippen LogP contribution is -2.24. The summed E-state index contributed by atoms with van der Waals surface area (Å²) in [7, 11) is 0. The SMILES string of the molecule is N#Cc1ccccc1OCC(=O)N/N=C\c1c2ccccc2cc2ccccc12. The first kappa shape index (κ1) is 18.2. The third-order valence-corrected chi connectivity index (χ3v) is 4.56. The highest BCUT2D eigenvalue weighted by atomic mass is 16.5. The Balaban J connectivity index is 1.52. The van der Waals surface area contributed by atoms with E-state index in [2.05, 4.69) is 28.7 Å². The number of rotatable bonds is 5. The van der Waals surface area contributed by atoms with Crippen molar-refractivity contribution in [1.82, 2.24) is 5.43 Å². The van der Waals surface area contributed by atoms with Crippen LogP contribution < -0.4 is 10.2 Å². The summed E-state index contributed by atoms with van der Waals surface area (Å²) in [6, 6.07) is 27.1. The zero-order valence-electron chi connectivity index (χ0n) is 15.5. The molecule has 0 atom stereocenters. The summed E-state index contributed by atoms with van der Waals surface area (Å²) < 4.78 is 5.42. The van der Waals surface area contributed by atoms with Crippen molar-refractivity contribution in [3.63, 3.8) is 0 Å². The summed E-state index contributed by atoms with van der Waals surface area (Å²) >= 11 is 0. The number of benzene rings is 4. The molecule has 0 fully saturated rings. The van der Waals surface area contributed by atoms with E-state index in [1.165, 1.54) is 0 Å². The average Bonchev–Trinajstić information content (AvgIpc) is 2.77. The molecular formula is C24H17N3O2. The second kappa shape index (κ2) is 8.24. The fraction of sp³-hybridized carbons (Fsp3) is 0.0417. The van der Waals surface area contributed by atoms with Gasteiger partial charge in [-0.15, -0.1) is 0 Å². The van der Waals surface area contributed by atoms with Crippen LogP contribution in [0, 0.1) is 11.3 Å². The third-order valence-electron chi connectivity index (χ3n) is 4.56. The fourth-order valence-electron chi connectivity index (χ4n) is 3.22. The van der Waals surface area contributed by atoms with Gasteiger partial charge in [0.15, 0.2) is 6.61 Å². The minimum absolute atomic E-state index is 0.230. The van der Waals surface area contributed by atoms with E-state index in [0.29, 0.717) is 11.3 Å². The molecule has 0 heterocycles. The maximum Gasteiger partial charge on any atom is 0.277 e. The van der Waals surface area contributed by atoms with Crippen LogP contribution in [0.2, 0.25) is 0 Å². The van der Waals surface area contributed by atoms with E-state index in [9.17, 15) is 4.79 Å². The van der Waals surface area contributed by atoms with Crippen LogP contribution >= 0.6 is 0 Å². The summed E-state index contributed by atoms with van der Waals surface area (Å²) in [4.78, 5) is 12.1. The molecular weight excluding hydrogens is 362 g/mol. The quantitative estimate of drug-likeness (QED) is 0.317. The van der Waals surface area contributed by atoms with E-state index < -0.39 is 5.91 Å². The van der Waals surface area contributed by atoms with Crippen molar-refractivity contribution in [3.8, 4) is 11.8 Å². The second-order valence-electron chi connectivity index (χ2n) is 6.42. The number of nitriles is 1. The average molecular weight is 379 g/mol. The molecule has 0 aliphatic rings. The predicted molar refractivity (Wildman–Crippen MR) is 114 cm³/mol. The lowest BCUT2D eigenvalue weighted by atomic mass is 9.97. The predicted octanol–water partition coefficient (Wildman–Crippen LogP) is 4.39. The number of nitrogens with zero attached hydrogens (tertiary/aromatic N) is 2. The monoisotopic (exact) mass is 379 g/mol. The molecule has 4 aromatic carbocycles. The minimum Gasteiger partial charge on any atom is -0.482 e. The summed E-state index contributed by atoms with van der Waals surface area (Å²) in [5, 5.41) is 17.5. The standard InChI is InChI=1S/C24H17N3O2/c25-14-19-9-3-6-12-23(19)29-16-24(28)27-26-15-22-20-10-4-1-7-17(20)13-18-8-2-5-11-21(18)22/h1-13,15H,16H2,(H,27,28)/b26-15-. The topological polar surface area (TPSA) is 74.5 Å². The molecule has 0 aromatic heterocycles. The Hall–Kier alpha value is -4.17. The van der Waals surface area contributed by atoms with Gasteiger partial charge in [-0.25, -0.2) is 5.43 Å². The Morgan fingerprint density at radius 2 is 1.59 bits per heavy atom. The maximum absolute atomic E-state index is 12.1. The molecule has 29 heavy (non-hydrogen) atoms. The van der Waals surface area contributed by atoms with Crippen molar-refractivity contribution in [3.05, 3.63) is 90.0 Å². The van der Waals surface area contributed by atoms with Gasteiger partial charge in [0.05, 0.1) is 11.8 Å². The first-order valence-corrected chi connectivity index (χ1v) is 9.10. The smallest absolute Gasteiger partial charge is 0.277 e.